The van der Waals surface area contributed by atoms with Crippen molar-refractivity contribution in [3.05, 3.63) is 58.3 Å². The molecule has 0 N–H and O–H groups in total. The summed E-state index contributed by atoms with van der Waals surface area (Å²) in [6.07, 6.45) is 3.29. The third-order valence-corrected chi connectivity index (χ3v) is 2.66. The fraction of sp³-hybridized carbons (Fsp3) is 0.167. The van der Waals surface area contributed by atoms with Gasteiger partial charge in [-0.15, -0.1) is 0 Å². The number of aryl methyl sites for hydroxylation is 2. The second-order valence-electron chi connectivity index (χ2n) is 3.42. The van der Waals surface area contributed by atoms with E-state index in [1.54, 1.807) is 24.4 Å². The van der Waals surface area contributed by atoms with Crippen LogP contribution in [0.1, 0.15) is 11.4 Å². The van der Waals surface area contributed by atoms with Crippen LogP contribution >= 0.6 is 15.9 Å². The van der Waals surface area contributed by atoms with E-state index in [1.165, 1.54) is 12.1 Å². The normalized spacial score (nSPS) is 10.4. The Labute approximate surface area is 102 Å². The van der Waals surface area contributed by atoms with E-state index in [0.29, 0.717) is 0 Å². The Morgan fingerprint density at radius 2 is 1.81 bits per heavy atom. The summed E-state index contributed by atoms with van der Waals surface area (Å²) in [7, 11) is 0. The quantitative estimate of drug-likeness (QED) is 0.808. The summed E-state index contributed by atoms with van der Waals surface area (Å²) >= 11 is 3.30. The first-order chi connectivity index (χ1) is 7.74. The van der Waals surface area contributed by atoms with Gasteiger partial charge in [-0.25, -0.2) is 14.4 Å². The molecule has 16 heavy (non-hydrogen) atoms. The zero-order valence-electron chi connectivity index (χ0n) is 8.53. The van der Waals surface area contributed by atoms with Gasteiger partial charge in [-0.05, 0) is 46.1 Å². The second-order valence-corrected chi connectivity index (χ2v) is 4.23. The van der Waals surface area contributed by atoms with Gasteiger partial charge in [0.05, 0.1) is 0 Å². The lowest BCUT2D eigenvalue weighted by Crippen LogP contribution is -1.97. The molecule has 0 fully saturated rings. The molecule has 0 radical (unpaired) electrons. The Bertz CT molecular complexity index is 471. The maximum atomic E-state index is 12.7. The number of aromatic nitrogens is 2. The van der Waals surface area contributed by atoms with E-state index in [1.807, 2.05) is 0 Å². The molecule has 0 saturated heterocycles. The molecule has 0 atom stereocenters. The summed E-state index contributed by atoms with van der Waals surface area (Å²) in [5, 5.41) is 0. The Balaban J connectivity index is 1.99. The van der Waals surface area contributed by atoms with Gasteiger partial charge < -0.3 is 0 Å². The molecule has 82 valence electrons. The molecule has 0 unspecified atom stereocenters. The van der Waals surface area contributed by atoms with Crippen molar-refractivity contribution >= 4 is 15.9 Å². The molecule has 4 heteroatoms. The number of halogens is 2. The summed E-state index contributed by atoms with van der Waals surface area (Å²) in [5.74, 6) is 0.584. The predicted octanol–water partition coefficient (Wildman–Crippen LogP) is 3.16. The lowest BCUT2D eigenvalue weighted by atomic mass is 10.1. The first-order valence-electron chi connectivity index (χ1n) is 4.96. The minimum absolute atomic E-state index is 0.206. The highest BCUT2D eigenvalue weighted by atomic mass is 79.9. The minimum Gasteiger partial charge on any atom is -0.241 e. The van der Waals surface area contributed by atoms with Gasteiger partial charge in [-0.3, -0.25) is 0 Å². The smallest absolute Gasteiger partial charge is 0.129 e. The number of hydrogen-bond donors (Lipinski definition) is 0. The summed E-state index contributed by atoms with van der Waals surface area (Å²) < 4.78 is 13.5. The number of benzene rings is 1. The van der Waals surface area contributed by atoms with Crippen molar-refractivity contribution in [3.8, 4) is 0 Å². The average Bonchev–Trinajstić information content (AvgIpc) is 2.28. The number of nitrogens with zero attached hydrogens (tertiary/aromatic N) is 2. The molecule has 0 saturated carbocycles. The fourth-order valence-corrected chi connectivity index (χ4v) is 1.72. The van der Waals surface area contributed by atoms with Crippen molar-refractivity contribution in [1.82, 2.24) is 9.97 Å². The average molecular weight is 281 g/mol. The summed E-state index contributed by atoms with van der Waals surface area (Å²) in [5.41, 5.74) is 1.09. The zero-order chi connectivity index (χ0) is 11.4. The van der Waals surface area contributed by atoms with Crippen LogP contribution < -0.4 is 0 Å². The standard InChI is InChI=1S/C12H10BrFN2/c13-11-7-8-15-12(16-11)6-3-9-1-4-10(14)5-2-9/h1-2,4-5,7-8H,3,6H2. The van der Waals surface area contributed by atoms with Crippen LogP contribution in [0.3, 0.4) is 0 Å². The maximum Gasteiger partial charge on any atom is 0.129 e. The van der Waals surface area contributed by atoms with Crippen LogP contribution in [0.4, 0.5) is 4.39 Å². The van der Waals surface area contributed by atoms with Crippen molar-refractivity contribution in [2.45, 2.75) is 12.8 Å². The van der Waals surface area contributed by atoms with E-state index < -0.39 is 0 Å². The largest absolute Gasteiger partial charge is 0.241 e. The Morgan fingerprint density at radius 1 is 1.06 bits per heavy atom. The monoisotopic (exact) mass is 280 g/mol. The van der Waals surface area contributed by atoms with Gasteiger partial charge in [0.15, 0.2) is 0 Å². The third kappa shape index (κ3) is 3.10. The second kappa shape index (κ2) is 5.16. The van der Waals surface area contributed by atoms with Gasteiger partial charge in [0, 0.05) is 12.6 Å². The van der Waals surface area contributed by atoms with Crippen LogP contribution in [-0.2, 0) is 12.8 Å². The predicted molar refractivity (Wildman–Crippen MR) is 63.5 cm³/mol. The van der Waals surface area contributed by atoms with Crippen molar-refractivity contribution in [2.24, 2.45) is 0 Å². The van der Waals surface area contributed by atoms with Gasteiger partial charge in [0.2, 0.25) is 0 Å². The van der Waals surface area contributed by atoms with Crippen molar-refractivity contribution < 1.29 is 4.39 Å². The lowest BCUT2D eigenvalue weighted by molar-refractivity contribution is 0.627. The highest BCUT2D eigenvalue weighted by Gasteiger charge is 1.99. The van der Waals surface area contributed by atoms with Crippen molar-refractivity contribution in [1.29, 1.82) is 0 Å². The molecule has 1 aromatic heterocycles. The molecular formula is C12H10BrFN2. The minimum atomic E-state index is -0.206. The molecule has 0 bridgehead atoms. The topological polar surface area (TPSA) is 25.8 Å². The Hall–Kier alpha value is -1.29. The summed E-state index contributed by atoms with van der Waals surface area (Å²) in [6.45, 7) is 0. The van der Waals surface area contributed by atoms with Gasteiger partial charge >= 0.3 is 0 Å². The van der Waals surface area contributed by atoms with Crippen LogP contribution in [0.5, 0.6) is 0 Å². The van der Waals surface area contributed by atoms with Gasteiger partial charge in [-0.2, -0.15) is 0 Å². The van der Waals surface area contributed by atoms with E-state index >= 15 is 0 Å². The summed E-state index contributed by atoms with van der Waals surface area (Å²) in [6, 6.07) is 8.30. The highest BCUT2D eigenvalue weighted by Crippen LogP contribution is 2.08. The summed E-state index contributed by atoms with van der Waals surface area (Å²) in [4.78, 5) is 8.39. The van der Waals surface area contributed by atoms with Crippen molar-refractivity contribution in [2.75, 3.05) is 0 Å². The Kier molecular flexibility index (Phi) is 3.62. The molecule has 2 rings (SSSR count). The first kappa shape index (κ1) is 11.2. The molecule has 0 aliphatic rings. The zero-order valence-corrected chi connectivity index (χ0v) is 10.1. The van der Waals surface area contributed by atoms with Gasteiger partial charge in [-0.1, -0.05) is 12.1 Å². The number of rotatable bonds is 3. The van der Waals surface area contributed by atoms with E-state index in [9.17, 15) is 4.39 Å². The van der Waals surface area contributed by atoms with E-state index in [0.717, 1.165) is 28.8 Å². The fourth-order valence-electron chi connectivity index (χ4n) is 1.40. The third-order valence-electron chi connectivity index (χ3n) is 2.22. The van der Waals surface area contributed by atoms with Crippen molar-refractivity contribution in [3.63, 3.8) is 0 Å². The number of hydrogen-bond acceptors (Lipinski definition) is 2. The van der Waals surface area contributed by atoms with E-state index in [2.05, 4.69) is 25.9 Å². The SMILES string of the molecule is Fc1ccc(CCc2nccc(Br)n2)cc1. The highest BCUT2D eigenvalue weighted by molar-refractivity contribution is 9.10. The molecule has 0 amide bonds. The molecule has 0 aliphatic carbocycles. The lowest BCUT2D eigenvalue weighted by Gasteiger charge is -2.01. The van der Waals surface area contributed by atoms with E-state index in [4.69, 9.17) is 0 Å². The van der Waals surface area contributed by atoms with Crippen LogP contribution in [-0.4, -0.2) is 9.97 Å². The van der Waals surface area contributed by atoms with Crippen LogP contribution in [0.25, 0.3) is 0 Å². The molecule has 2 nitrogen and oxygen atoms in total. The maximum absolute atomic E-state index is 12.7. The molecule has 1 heterocycles. The van der Waals surface area contributed by atoms with Gasteiger partial charge in [0.25, 0.3) is 0 Å². The van der Waals surface area contributed by atoms with Crippen LogP contribution in [0.15, 0.2) is 41.1 Å². The molecular weight excluding hydrogens is 271 g/mol. The van der Waals surface area contributed by atoms with Crippen LogP contribution in [0, 0.1) is 5.82 Å². The van der Waals surface area contributed by atoms with Crippen LogP contribution in [0.2, 0.25) is 0 Å². The molecule has 2 aromatic rings. The first-order valence-corrected chi connectivity index (χ1v) is 5.75. The molecule has 0 spiro atoms. The molecule has 0 aliphatic heterocycles. The van der Waals surface area contributed by atoms with E-state index in [-0.39, 0.29) is 5.82 Å². The molecule has 1 aromatic carbocycles. The van der Waals surface area contributed by atoms with Gasteiger partial charge in [0.1, 0.15) is 16.2 Å². The Morgan fingerprint density at radius 3 is 2.50 bits per heavy atom.